The fraction of sp³-hybridized carbons (Fsp3) is 1.00. The molecule has 0 atom stereocenters. The van der Waals surface area contributed by atoms with Gasteiger partial charge >= 0.3 is 47.4 Å². The van der Waals surface area contributed by atoms with Crippen LogP contribution in [0.25, 0.3) is 0 Å². The molecule has 0 heterocycles. The molecular weight excluding hydrogens is 71.0 g/mol. The summed E-state index contributed by atoms with van der Waals surface area (Å²) in [5.74, 6) is 0. The van der Waals surface area contributed by atoms with Gasteiger partial charge in [-0.3, -0.25) is 0 Å². The zero-order chi connectivity index (χ0) is 5.21. The molecule has 0 amide bonds. The summed E-state index contributed by atoms with van der Waals surface area (Å²) < 4.78 is 0. The van der Waals surface area contributed by atoms with Crippen molar-refractivity contribution >= 4 is 17.7 Å². The van der Waals surface area contributed by atoms with Gasteiger partial charge in [0, 0.05) is 0 Å². The summed E-state index contributed by atoms with van der Waals surface area (Å²) in [6, 6.07) is 0. The van der Waals surface area contributed by atoms with Gasteiger partial charge in [-0.15, -0.1) is 0 Å². The molecule has 0 aromatic heterocycles. The van der Waals surface area contributed by atoms with Crippen LogP contribution in [0.15, 0.2) is 0 Å². The van der Waals surface area contributed by atoms with E-state index in [9.17, 15) is 0 Å². The van der Waals surface area contributed by atoms with Gasteiger partial charge in [0.2, 0.25) is 0 Å². The number of hydrogen-bond donors (Lipinski definition) is 1. The van der Waals surface area contributed by atoms with Crippen LogP contribution in [-0.2, 0) is 0 Å². The van der Waals surface area contributed by atoms with Crippen molar-refractivity contribution in [2.75, 3.05) is 0 Å². The van der Waals surface area contributed by atoms with Crippen LogP contribution in [0.2, 0.25) is 5.09 Å². The van der Waals surface area contributed by atoms with Crippen LogP contribution in [0.3, 0.4) is 0 Å². The molecule has 0 aromatic rings. The summed E-state index contributed by atoms with van der Waals surface area (Å²) in [6.07, 6.45) is 0. The molecule has 0 saturated heterocycles. The fourth-order valence-electron chi connectivity index (χ4n) is 0. The Balaban J connectivity index is 3.17. The van der Waals surface area contributed by atoms with Crippen molar-refractivity contribution in [2.24, 2.45) is 0 Å². The molecule has 0 bridgehead atoms. The second-order valence-electron chi connectivity index (χ2n) is 2.17. The van der Waals surface area contributed by atoms with Gasteiger partial charge in [-0.25, -0.2) is 0 Å². The van der Waals surface area contributed by atoms with Crippen LogP contribution >= 0.6 is 0 Å². The van der Waals surface area contributed by atoms with Gasteiger partial charge in [0.15, 0.2) is 0 Å². The molecule has 0 spiro atoms. The van der Waals surface area contributed by atoms with Crippen molar-refractivity contribution in [1.82, 2.24) is 0 Å². The molecule has 32 valence electrons. The normalized spacial score (nSPS) is 12.2. The van der Waals surface area contributed by atoms with E-state index in [4.69, 9.17) is 5.11 Å². The van der Waals surface area contributed by atoms with Gasteiger partial charge in [0.25, 0.3) is 0 Å². The topological polar surface area (TPSA) is 20.2 Å². The molecule has 0 aliphatic heterocycles. The molecule has 2 heteroatoms. The quantitative estimate of drug-likeness (QED) is 0.450. The molecule has 6 heavy (non-hydrogen) atoms. The summed E-state index contributed by atoms with van der Waals surface area (Å²) in [4.78, 5) is 0. The van der Waals surface area contributed by atoms with E-state index in [1.165, 1.54) is 0 Å². The molecule has 0 rings (SSSR count). The summed E-state index contributed by atoms with van der Waals surface area (Å²) in [6.45, 7) is 3.60. The van der Waals surface area contributed by atoms with Crippen LogP contribution in [0, 0.1) is 0 Å². The van der Waals surface area contributed by atoms with Gasteiger partial charge in [0.1, 0.15) is 0 Å². The van der Waals surface area contributed by atoms with Crippen molar-refractivity contribution in [3.8, 4) is 0 Å². The average molecular weight is 80.1 g/mol. The zero-order valence-corrected chi connectivity index (χ0v) is 4.65. The summed E-state index contributed by atoms with van der Waals surface area (Å²) in [5, 5.41) is 9.65. The SMILES string of the molecule is [Li][CH2]C(C)(C)O. The first-order valence-corrected chi connectivity index (χ1v) is 2.28. The third-order valence-electron chi connectivity index (χ3n) is 0.865. The van der Waals surface area contributed by atoms with Gasteiger partial charge in [0.05, 0.1) is 0 Å². The molecule has 0 aliphatic carbocycles. The average Bonchev–Trinajstić information content (AvgIpc) is 1.35. The van der Waals surface area contributed by atoms with Crippen molar-refractivity contribution in [3.63, 3.8) is 0 Å². The molecule has 0 saturated carbocycles. The molecule has 1 N–H and O–H groups in total. The second kappa shape index (κ2) is 2.02. The maximum atomic E-state index is 8.83. The van der Waals surface area contributed by atoms with E-state index in [2.05, 4.69) is 0 Å². The summed E-state index contributed by atoms with van der Waals surface area (Å²) in [7, 11) is 0. The predicted octanol–water partition coefficient (Wildman–Crippen LogP) is 0.344. The van der Waals surface area contributed by atoms with E-state index >= 15 is 0 Å². The first-order valence-electron chi connectivity index (χ1n) is 2.28. The van der Waals surface area contributed by atoms with E-state index in [1.807, 2.05) is 17.7 Å². The first-order chi connectivity index (χ1) is 2.56. The Hall–Kier alpha value is 0.557. The van der Waals surface area contributed by atoms with Crippen LogP contribution in [0.1, 0.15) is 13.8 Å². The van der Waals surface area contributed by atoms with E-state index < -0.39 is 5.60 Å². The third kappa shape index (κ3) is 4.56. The Morgan fingerprint density at radius 2 is 1.83 bits per heavy atom. The van der Waals surface area contributed by atoms with Crippen molar-refractivity contribution in [2.45, 2.75) is 24.5 Å². The minimum atomic E-state index is -0.458. The van der Waals surface area contributed by atoms with E-state index in [0.717, 1.165) is 5.09 Å². The molecule has 0 unspecified atom stereocenters. The van der Waals surface area contributed by atoms with Crippen LogP contribution in [0.4, 0.5) is 0 Å². The maximum absolute atomic E-state index is 8.83. The molecule has 0 aliphatic rings. The van der Waals surface area contributed by atoms with E-state index in [1.54, 1.807) is 13.8 Å². The first kappa shape index (κ1) is 6.56. The standard InChI is InChI=1S/C4H9O.Li/c1-4(2,3)5;/h5H,1H2,2-3H3;. The number of rotatable bonds is 1. The van der Waals surface area contributed by atoms with Gasteiger partial charge in [-0.05, 0) is 0 Å². The van der Waals surface area contributed by atoms with Crippen molar-refractivity contribution in [1.29, 1.82) is 0 Å². The van der Waals surface area contributed by atoms with Crippen molar-refractivity contribution < 1.29 is 5.11 Å². The molecule has 0 fully saturated rings. The van der Waals surface area contributed by atoms with Crippen LogP contribution in [0.5, 0.6) is 0 Å². The van der Waals surface area contributed by atoms with E-state index in [-0.39, 0.29) is 0 Å². The van der Waals surface area contributed by atoms with Crippen LogP contribution in [-0.4, -0.2) is 28.4 Å². The Morgan fingerprint density at radius 1 is 1.67 bits per heavy atom. The van der Waals surface area contributed by atoms with Gasteiger partial charge in [-0.1, -0.05) is 0 Å². The zero-order valence-electron chi connectivity index (χ0n) is 4.65. The number of aliphatic hydroxyl groups is 1. The minimum absolute atomic E-state index is 0.458. The Bertz CT molecular complexity index is 37.3. The third-order valence-corrected chi connectivity index (χ3v) is 0.865. The molecular formula is C4H9LiO. The Morgan fingerprint density at radius 3 is 1.83 bits per heavy atom. The second-order valence-corrected chi connectivity index (χ2v) is 2.17. The summed E-state index contributed by atoms with van der Waals surface area (Å²) in [5.41, 5.74) is -0.458. The molecule has 0 aromatic carbocycles. The van der Waals surface area contributed by atoms with Gasteiger partial charge in [-0.2, -0.15) is 0 Å². The van der Waals surface area contributed by atoms with Gasteiger partial charge < -0.3 is 0 Å². The molecule has 1 nitrogen and oxygen atoms in total. The van der Waals surface area contributed by atoms with E-state index in [0.29, 0.717) is 0 Å². The predicted molar refractivity (Wildman–Crippen MR) is 26.9 cm³/mol. The number of hydrogen-bond acceptors (Lipinski definition) is 1. The Labute approximate surface area is 48.0 Å². The summed E-state index contributed by atoms with van der Waals surface area (Å²) >= 11 is 1.96. The Kier molecular flexibility index (Phi) is 2.21. The monoisotopic (exact) mass is 80.1 g/mol. The van der Waals surface area contributed by atoms with Crippen LogP contribution < -0.4 is 0 Å². The van der Waals surface area contributed by atoms with Crippen molar-refractivity contribution in [3.05, 3.63) is 0 Å². The fourth-order valence-corrected chi connectivity index (χ4v) is 0. The molecule has 0 radical (unpaired) electrons.